The number of nitrogens with two attached hydrogens (primary N) is 1. The van der Waals surface area contributed by atoms with Crippen molar-refractivity contribution in [2.75, 3.05) is 36.0 Å². The van der Waals surface area contributed by atoms with Gasteiger partial charge in [-0.25, -0.2) is 9.18 Å². The Morgan fingerprint density at radius 3 is 2.82 bits per heavy atom. The molecule has 7 nitrogen and oxygen atoms in total. The first-order valence-electron chi connectivity index (χ1n) is 6.46. The molecule has 1 aliphatic rings. The van der Waals surface area contributed by atoms with Crippen molar-refractivity contribution in [3.8, 4) is 0 Å². The summed E-state index contributed by atoms with van der Waals surface area (Å²) in [6.45, 7) is 0.497. The molecule has 22 heavy (non-hydrogen) atoms. The van der Waals surface area contributed by atoms with Crippen molar-refractivity contribution >= 4 is 23.8 Å². The van der Waals surface area contributed by atoms with Crippen LogP contribution in [0, 0.1) is 11.2 Å². The summed E-state index contributed by atoms with van der Waals surface area (Å²) >= 11 is 0. The average molecular weight is 312 g/mol. The number of ether oxygens (including phenoxy) is 1. The fourth-order valence-corrected chi connectivity index (χ4v) is 2.12. The van der Waals surface area contributed by atoms with E-state index in [1.807, 2.05) is 0 Å². The standard InChI is InChI=1S/C13H17FN4O3.CH4/c14-11-5-9(18-6-10(7-19)21-13(18)20)1-2-12(11)17(8-16)4-3-15;/h1-2,5,8,10,16,19H,3-4,6-7,15H2;1H4. The number of hydrogen-bond donors (Lipinski definition) is 3. The molecule has 0 radical (unpaired) electrons. The summed E-state index contributed by atoms with van der Waals surface area (Å²) in [5.41, 5.74) is 5.97. The molecule has 1 atom stereocenters. The van der Waals surface area contributed by atoms with Crippen LogP contribution in [-0.4, -0.2) is 49.9 Å². The van der Waals surface area contributed by atoms with Crippen molar-refractivity contribution in [1.29, 1.82) is 5.41 Å². The topological polar surface area (TPSA) is 103 Å². The van der Waals surface area contributed by atoms with E-state index in [0.29, 0.717) is 12.2 Å². The van der Waals surface area contributed by atoms with Crippen LogP contribution in [0.5, 0.6) is 0 Å². The molecule has 0 aliphatic carbocycles. The van der Waals surface area contributed by atoms with E-state index in [1.54, 1.807) is 6.07 Å². The molecule has 0 bridgehead atoms. The molecule has 1 amide bonds. The highest BCUT2D eigenvalue weighted by Crippen LogP contribution is 2.27. The molecule has 1 fully saturated rings. The smallest absolute Gasteiger partial charge is 0.414 e. The maximum absolute atomic E-state index is 14.2. The van der Waals surface area contributed by atoms with Crippen LogP contribution in [0.1, 0.15) is 7.43 Å². The number of amides is 1. The molecular weight excluding hydrogens is 291 g/mol. The van der Waals surface area contributed by atoms with Crippen molar-refractivity contribution in [3.05, 3.63) is 24.0 Å². The Hall–Kier alpha value is -2.19. The van der Waals surface area contributed by atoms with E-state index in [-0.39, 0.29) is 32.8 Å². The third kappa shape index (κ3) is 3.52. The number of anilines is 2. The van der Waals surface area contributed by atoms with Crippen LogP contribution in [0.4, 0.5) is 20.6 Å². The fourth-order valence-electron chi connectivity index (χ4n) is 2.12. The van der Waals surface area contributed by atoms with Crippen molar-refractivity contribution in [2.24, 2.45) is 5.73 Å². The van der Waals surface area contributed by atoms with Gasteiger partial charge in [-0.2, -0.15) is 0 Å². The second-order valence-corrected chi connectivity index (χ2v) is 4.55. The molecule has 0 spiro atoms. The van der Waals surface area contributed by atoms with Crippen LogP contribution >= 0.6 is 0 Å². The number of rotatable bonds is 6. The van der Waals surface area contributed by atoms with Gasteiger partial charge in [-0.05, 0) is 18.2 Å². The monoisotopic (exact) mass is 312 g/mol. The molecular formula is C14H21FN4O3. The summed E-state index contributed by atoms with van der Waals surface area (Å²) < 4.78 is 19.1. The Morgan fingerprint density at radius 2 is 2.32 bits per heavy atom. The lowest BCUT2D eigenvalue weighted by molar-refractivity contribution is 0.0963. The van der Waals surface area contributed by atoms with Gasteiger partial charge in [-0.3, -0.25) is 10.3 Å². The van der Waals surface area contributed by atoms with Crippen LogP contribution in [0.2, 0.25) is 0 Å². The van der Waals surface area contributed by atoms with E-state index in [2.05, 4.69) is 0 Å². The van der Waals surface area contributed by atoms with E-state index in [0.717, 1.165) is 6.34 Å². The molecule has 122 valence electrons. The average Bonchev–Trinajstić information content (AvgIpc) is 2.86. The van der Waals surface area contributed by atoms with E-state index >= 15 is 0 Å². The van der Waals surface area contributed by atoms with Gasteiger partial charge in [0.05, 0.1) is 30.9 Å². The summed E-state index contributed by atoms with van der Waals surface area (Å²) in [6, 6.07) is 4.24. The van der Waals surface area contributed by atoms with Crippen molar-refractivity contribution < 1.29 is 19.0 Å². The second-order valence-electron chi connectivity index (χ2n) is 4.55. The number of aliphatic hydroxyl groups is 1. The predicted octanol–water partition coefficient (Wildman–Crippen LogP) is 1.15. The molecule has 0 saturated carbocycles. The number of carbonyl (C=O) groups excluding carboxylic acids is 1. The number of carbonyl (C=O) groups is 1. The highest BCUT2D eigenvalue weighted by atomic mass is 19.1. The number of nitrogens with zero attached hydrogens (tertiary/aromatic N) is 2. The number of aliphatic hydroxyl groups excluding tert-OH is 1. The first kappa shape index (κ1) is 17.9. The first-order chi connectivity index (χ1) is 10.1. The number of cyclic esters (lactones) is 1. The largest absolute Gasteiger partial charge is 0.441 e. The van der Waals surface area contributed by atoms with Gasteiger partial charge < -0.3 is 20.5 Å². The van der Waals surface area contributed by atoms with Gasteiger partial charge in [0.2, 0.25) is 0 Å². The minimum atomic E-state index is -0.618. The van der Waals surface area contributed by atoms with E-state index < -0.39 is 18.0 Å². The first-order valence-corrected chi connectivity index (χ1v) is 6.46. The summed E-state index contributed by atoms with van der Waals surface area (Å²) in [7, 11) is 0. The van der Waals surface area contributed by atoms with E-state index in [4.69, 9.17) is 21.0 Å². The lowest BCUT2D eigenvalue weighted by atomic mass is 10.2. The highest BCUT2D eigenvalue weighted by Gasteiger charge is 2.32. The van der Waals surface area contributed by atoms with Crippen LogP contribution < -0.4 is 15.5 Å². The molecule has 4 N–H and O–H groups in total. The Morgan fingerprint density at radius 1 is 1.59 bits per heavy atom. The van der Waals surface area contributed by atoms with Crippen LogP contribution in [-0.2, 0) is 4.74 Å². The minimum absolute atomic E-state index is 0. The third-order valence-electron chi connectivity index (χ3n) is 3.16. The Balaban J connectivity index is 0.00000242. The van der Waals surface area contributed by atoms with Gasteiger partial charge in [-0.1, -0.05) is 7.43 Å². The molecule has 8 heteroatoms. The summed E-state index contributed by atoms with van der Waals surface area (Å²) in [6.07, 6.45) is -0.223. The number of nitrogens with one attached hydrogen (secondary N) is 1. The molecule has 1 aliphatic heterocycles. The minimum Gasteiger partial charge on any atom is -0.441 e. The van der Waals surface area contributed by atoms with Crippen molar-refractivity contribution in [3.63, 3.8) is 0 Å². The number of hydrogen-bond acceptors (Lipinski definition) is 5. The van der Waals surface area contributed by atoms with Crippen LogP contribution in [0.15, 0.2) is 18.2 Å². The lowest BCUT2D eigenvalue weighted by Gasteiger charge is -2.20. The second kappa shape index (κ2) is 7.71. The fraction of sp³-hybridized carbons (Fsp3) is 0.429. The summed E-state index contributed by atoms with van der Waals surface area (Å²) in [5, 5.41) is 16.3. The van der Waals surface area contributed by atoms with Gasteiger partial charge in [0.25, 0.3) is 0 Å². The van der Waals surface area contributed by atoms with Crippen molar-refractivity contribution in [1.82, 2.24) is 0 Å². The zero-order valence-corrected chi connectivity index (χ0v) is 11.3. The summed E-state index contributed by atoms with van der Waals surface area (Å²) in [5.74, 6) is -0.565. The molecule has 1 aromatic rings. The van der Waals surface area contributed by atoms with Gasteiger partial charge in [-0.15, -0.1) is 0 Å². The maximum atomic E-state index is 14.2. The van der Waals surface area contributed by atoms with E-state index in [1.165, 1.54) is 21.9 Å². The zero-order chi connectivity index (χ0) is 15.4. The van der Waals surface area contributed by atoms with Gasteiger partial charge >= 0.3 is 6.09 Å². The Kier molecular flexibility index (Phi) is 6.26. The molecule has 1 aromatic carbocycles. The quantitative estimate of drug-likeness (QED) is 0.540. The predicted molar refractivity (Wildman–Crippen MR) is 83.0 cm³/mol. The molecule has 0 aromatic heterocycles. The third-order valence-corrected chi connectivity index (χ3v) is 3.16. The van der Waals surface area contributed by atoms with Crippen LogP contribution in [0.25, 0.3) is 0 Å². The summed E-state index contributed by atoms with van der Waals surface area (Å²) in [4.78, 5) is 14.3. The van der Waals surface area contributed by atoms with Crippen molar-refractivity contribution in [2.45, 2.75) is 13.5 Å². The Labute approximate surface area is 128 Å². The Bertz CT molecular complexity index is 541. The molecule has 2 rings (SSSR count). The highest BCUT2D eigenvalue weighted by molar-refractivity contribution is 5.90. The SMILES string of the molecule is C.N=CN(CCN)c1ccc(N2CC(CO)OC2=O)cc1F. The van der Waals surface area contributed by atoms with Crippen LogP contribution in [0.3, 0.4) is 0 Å². The molecule has 1 unspecified atom stereocenters. The lowest BCUT2D eigenvalue weighted by Crippen LogP contribution is -2.29. The van der Waals surface area contributed by atoms with Gasteiger partial charge in [0.15, 0.2) is 0 Å². The van der Waals surface area contributed by atoms with Gasteiger partial charge in [0, 0.05) is 13.1 Å². The normalized spacial score (nSPS) is 17.0. The molecule has 1 saturated heterocycles. The number of benzene rings is 1. The maximum Gasteiger partial charge on any atom is 0.414 e. The number of halogens is 1. The van der Waals surface area contributed by atoms with E-state index in [9.17, 15) is 9.18 Å². The zero-order valence-electron chi connectivity index (χ0n) is 11.3. The molecule has 1 heterocycles. The van der Waals surface area contributed by atoms with Gasteiger partial charge in [0.1, 0.15) is 11.9 Å².